The van der Waals surface area contributed by atoms with Gasteiger partial charge in [0.25, 0.3) is 0 Å². The second-order valence-corrected chi connectivity index (χ2v) is 4.07. The fourth-order valence-electron chi connectivity index (χ4n) is 1.22. The van der Waals surface area contributed by atoms with Crippen LogP contribution in [0.5, 0.6) is 6.01 Å². The molecule has 108 valence electrons. The predicted octanol–water partition coefficient (Wildman–Crippen LogP) is -0.636. The predicted molar refractivity (Wildman–Crippen MR) is 69.8 cm³/mol. The Labute approximate surface area is 111 Å². The van der Waals surface area contributed by atoms with Gasteiger partial charge in [-0.15, -0.1) is 0 Å². The molecule has 19 heavy (non-hydrogen) atoms. The topological polar surface area (TPSA) is 127 Å². The maximum Gasteiger partial charge on any atom is 0.323 e. The Kier molecular flexibility index (Phi) is 6.19. The Morgan fingerprint density at radius 1 is 1.26 bits per heavy atom. The SMILES string of the molecule is COCC(O)CNc1nc(NN)nc(OC(C)C)n1. The van der Waals surface area contributed by atoms with Crippen LogP contribution in [0.3, 0.4) is 0 Å². The lowest BCUT2D eigenvalue weighted by molar-refractivity contribution is 0.0726. The molecule has 0 spiro atoms. The van der Waals surface area contributed by atoms with Crippen molar-refractivity contribution in [2.45, 2.75) is 26.1 Å². The van der Waals surface area contributed by atoms with E-state index >= 15 is 0 Å². The number of aliphatic hydroxyl groups excluding tert-OH is 1. The van der Waals surface area contributed by atoms with Gasteiger partial charge in [0.2, 0.25) is 11.9 Å². The molecule has 0 saturated carbocycles. The molecule has 1 atom stereocenters. The first-order chi connectivity index (χ1) is 9.05. The molecule has 1 aromatic heterocycles. The number of aliphatic hydroxyl groups is 1. The highest BCUT2D eigenvalue weighted by Gasteiger charge is 2.10. The Bertz CT molecular complexity index is 390. The lowest BCUT2D eigenvalue weighted by Gasteiger charge is -2.13. The molecule has 0 saturated heterocycles. The third kappa shape index (κ3) is 5.64. The van der Waals surface area contributed by atoms with Crippen molar-refractivity contribution < 1.29 is 14.6 Å². The van der Waals surface area contributed by atoms with Gasteiger partial charge in [-0.3, -0.25) is 5.43 Å². The number of hydrogen-bond donors (Lipinski definition) is 4. The van der Waals surface area contributed by atoms with Crippen molar-refractivity contribution >= 4 is 11.9 Å². The highest BCUT2D eigenvalue weighted by atomic mass is 16.5. The molecule has 0 aliphatic carbocycles. The third-order valence-corrected chi connectivity index (χ3v) is 1.94. The smallest absolute Gasteiger partial charge is 0.323 e. The maximum atomic E-state index is 9.52. The van der Waals surface area contributed by atoms with Gasteiger partial charge in [-0.25, -0.2) is 5.84 Å². The molecule has 9 nitrogen and oxygen atoms in total. The van der Waals surface area contributed by atoms with Crippen LogP contribution in [0.4, 0.5) is 11.9 Å². The van der Waals surface area contributed by atoms with Crippen molar-refractivity contribution in [1.29, 1.82) is 0 Å². The van der Waals surface area contributed by atoms with E-state index < -0.39 is 6.10 Å². The quantitative estimate of drug-likeness (QED) is 0.361. The average molecular weight is 272 g/mol. The van der Waals surface area contributed by atoms with Crippen molar-refractivity contribution in [3.8, 4) is 6.01 Å². The molecule has 0 aliphatic rings. The summed E-state index contributed by atoms with van der Waals surface area (Å²) in [5, 5.41) is 12.4. The van der Waals surface area contributed by atoms with Gasteiger partial charge in [0, 0.05) is 13.7 Å². The van der Waals surface area contributed by atoms with Gasteiger partial charge in [0.1, 0.15) is 0 Å². The minimum absolute atomic E-state index is 0.0695. The van der Waals surface area contributed by atoms with Crippen LogP contribution >= 0.6 is 0 Å². The standard InChI is InChI=1S/C10H20N6O3/c1-6(2)19-10-14-8(13-9(15-10)16-11)12-4-7(17)5-18-3/h6-7,17H,4-5,11H2,1-3H3,(H2,12,13,14,15,16). The van der Waals surface area contributed by atoms with Gasteiger partial charge >= 0.3 is 6.01 Å². The first-order valence-corrected chi connectivity index (χ1v) is 5.85. The van der Waals surface area contributed by atoms with Crippen LogP contribution in [0.2, 0.25) is 0 Å². The second-order valence-electron chi connectivity index (χ2n) is 4.07. The lowest BCUT2D eigenvalue weighted by atomic mass is 10.4. The molecule has 1 aromatic rings. The molecule has 0 fully saturated rings. The number of hydrazine groups is 1. The summed E-state index contributed by atoms with van der Waals surface area (Å²) in [5.74, 6) is 5.70. The van der Waals surface area contributed by atoms with Crippen molar-refractivity contribution in [3.05, 3.63) is 0 Å². The highest BCUT2D eigenvalue weighted by Crippen LogP contribution is 2.11. The van der Waals surface area contributed by atoms with E-state index in [0.717, 1.165) is 0 Å². The molecular weight excluding hydrogens is 252 g/mol. The van der Waals surface area contributed by atoms with E-state index in [4.69, 9.17) is 15.3 Å². The van der Waals surface area contributed by atoms with E-state index in [9.17, 15) is 5.11 Å². The molecule has 9 heteroatoms. The Balaban J connectivity index is 2.70. The summed E-state index contributed by atoms with van der Waals surface area (Å²) < 4.78 is 10.2. The first-order valence-electron chi connectivity index (χ1n) is 5.85. The number of nitrogen functional groups attached to an aromatic ring is 1. The molecule has 0 bridgehead atoms. The van der Waals surface area contributed by atoms with Crippen molar-refractivity contribution in [2.24, 2.45) is 5.84 Å². The van der Waals surface area contributed by atoms with Gasteiger partial charge in [0.05, 0.1) is 18.8 Å². The summed E-state index contributed by atoms with van der Waals surface area (Å²) in [4.78, 5) is 12.0. The van der Waals surface area contributed by atoms with Gasteiger partial charge in [-0.05, 0) is 13.8 Å². The number of methoxy groups -OCH3 is 1. The normalized spacial score (nSPS) is 12.3. The largest absolute Gasteiger partial charge is 0.461 e. The van der Waals surface area contributed by atoms with E-state index in [1.807, 2.05) is 13.8 Å². The summed E-state index contributed by atoms with van der Waals surface area (Å²) in [6, 6.07) is 0.154. The summed E-state index contributed by atoms with van der Waals surface area (Å²) in [7, 11) is 1.51. The maximum absolute atomic E-state index is 9.52. The van der Waals surface area contributed by atoms with E-state index in [2.05, 4.69) is 25.7 Å². The van der Waals surface area contributed by atoms with Crippen LogP contribution in [0.1, 0.15) is 13.8 Å². The summed E-state index contributed by atoms with van der Waals surface area (Å²) in [5.41, 5.74) is 2.32. The van der Waals surface area contributed by atoms with E-state index in [-0.39, 0.29) is 37.2 Å². The molecule has 0 aliphatic heterocycles. The number of nitrogens with two attached hydrogens (primary N) is 1. The van der Waals surface area contributed by atoms with E-state index in [1.165, 1.54) is 7.11 Å². The highest BCUT2D eigenvalue weighted by molar-refractivity contribution is 5.34. The molecule has 0 aromatic carbocycles. The molecule has 1 heterocycles. The van der Waals surface area contributed by atoms with Gasteiger partial charge in [-0.1, -0.05) is 0 Å². The fourth-order valence-corrected chi connectivity index (χ4v) is 1.22. The Hall–Kier alpha value is -1.71. The second kappa shape index (κ2) is 7.67. The van der Waals surface area contributed by atoms with Crippen LogP contribution in [0.15, 0.2) is 0 Å². The zero-order valence-corrected chi connectivity index (χ0v) is 11.3. The monoisotopic (exact) mass is 272 g/mol. The molecule has 1 rings (SSSR count). The van der Waals surface area contributed by atoms with E-state index in [0.29, 0.717) is 0 Å². The average Bonchev–Trinajstić information content (AvgIpc) is 2.35. The number of aromatic nitrogens is 3. The minimum Gasteiger partial charge on any atom is -0.461 e. The molecule has 0 amide bonds. The number of rotatable bonds is 8. The third-order valence-electron chi connectivity index (χ3n) is 1.94. The first kappa shape index (κ1) is 15.3. The zero-order chi connectivity index (χ0) is 14.3. The van der Waals surface area contributed by atoms with Gasteiger partial charge < -0.3 is 19.9 Å². The van der Waals surface area contributed by atoms with Gasteiger partial charge in [-0.2, -0.15) is 15.0 Å². The van der Waals surface area contributed by atoms with E-state index in [1.54, 1.807) is 0 Å². The molecule has 5 N–H and O–H groups in total. The summed E-state index contributed by atoms with van der Waals surface area (Å²) in [6.07, 6.45) is -0.731. The number of ether oxygens (including phenoxy) is 2. The van der Waals surface area contributed by atoms with Crippen LogP contribution in [0.25, 0.3) is 0 Å². The fraction of sp³-hybridized carbons (Fsp3) is 0.700. The van der Waals surface area contributed by atoms with Crippen LogP contribution < -0.4 is 21.3 Å². The van der Waals surface area contributed by atoms with Crippen LogP contribution in [-0.2, 0) is 4.74 Å². The summed E-state index contributed by atoms with van der Waals surface area (Å²) >= 11 is 0. The molecule has 0 radical (unpaired) electrons. The Morgan fingerprint density at radius 2 is 1.95 bits per heavy atom. The lowest BCUT2D eigenvalue weighted by Crippen LogP contribution is -2.25. The number of hydrogen-bond acceptors (Lipinski definition) is 9. The van der Waals surface area contributed by atoms with Crippen LogP contribution in [0, 0.1) is 0 Å². The zero-order valence-electron chi connectivity index (χ0n) is 11.3. The Morgan fingerprint density at radius 3 is 2.53 bits per heavy atom. The summed E-state index contributed by atoms with van der Waals surface area (Å²) in [6.45, 7) is 4.17. The number of anilines is 2. The van der Waals surface area contributed by atoms with Crippen LogP contribution in [-0.4, -0.2) is 52.5 Å². The van der Waals surface area contributed by atoms with Crippen molar-refractivity contribution in [3.63, 3.8) is 0 Å². The van der Waals surface area contributed by atoms with Gasteiger partial charge in [0.15, 0.2) is 0 Å². The number of nitrogens with one attached hydrogen (secondary N) is 2. The molecule has 1 unspecified atom stereocenters. The van der Waals surface area contributed by atoms with Crippen molar-refractivity contribution in [2.75, 3.05) is 31.0 Å². The van der Waals surface area contributed by atoms with Crippen molar-refractivity contribution in [1.82, 2.24) is 15.0 Å². The molecular formula is C10H20N6O3. The minimum atomic E-state index is -0.662. The number of nitrogens with zero attached hydrogens (tertiary/aromatic N) is 3.